The van der Waals surface area contributed by atoms with Crippen molar-refractivity contribution < 1.29 is 22.7 Å². The minimum Gasteiger partial charge on any atom is -0.410 e. The zero-order valence-electron chi connectivity index (χ0n) is 18.5. The predicted molar refractivity (Wildman–Crippen MR) is 120 cm³/mol. The quantitative estimate of drug-likeness (QED) is 0.590. The van der Waals surface area contributed by atoms with Gasteiger partial charge >= 0.3 is 12.3 Å². The molecule has 34 heavy (non-hydrogen) atoms. The predicted octanol–water partition coefficient (Wildman–Crippen LogP) is 4.41. The van der Waals surface area contributed by atoms with Gasteiger partial charge in [-0.2, -0.15) is 18.3 Å². The Morgan fingerprint density at radius 1 is 1.15 bits per heavy atom. The van der Waals surface area contributed by atoms with E-state index in [9.17, 15) is 18.0 Å². The van der Waals surface area contributed by atoms with E-state index in [0.717, 1.165) is 59.8 Å². The number of H-pyrrole nitrogens is 1. The smallest absolute Gasteiger partial charge is 0.410 e. The molecule has 10 heteroatoms. The molecular weight excluding hydrogens is 447 g/mol. The Bertz CT molecular complexity index is 1190. The summed E-state index contributed by atoms with van der Waals surface area (Å²) in [5.74, 6) is 0.557. The summed E-state index contributed by atoms with van der Waals surface area (Å²) in [5.41, 5.74) is 3.99. The second-order valence-corrected chi connectivity index (χ2v) is 8.66. The van der Waals surface area contributed by atoms with E-state index in [0.29, 0.717) is 18.8 Å². The number of halogens is 3. The molecule has 0 spiro atoms. The highest BCUT2D eigenvalue weighted by atomic mass is 19.4. The molecule has 3 heterocycles. The van der Waals surface area contributed by atoms with Gasteiger partial charge in [-0.25, -0.2) is 4.79 Å². The number of carbonyl (C=O) groups excluding carboxylic acids is 1. The number of alkyl halides is 3. The SMILES string of the molecule is C[C@@H]1CN(Cc2cn[nH]c2-c2ccc3c(c2)CNC(=O)O3)CCN1c1ccc(C(F)(F)F)cc1. The van der Waals surface area contributed by atoms with Crippen LogP contribution in [0.2, 0.25) is 0 Å². The molecule has 3 aromatic rings. The molecule has 5 rings (SSSR count). The minimum absolute atomic E-state index is 0.144. The van der Waals surface area contributed by atoms with Gasteiger partial charge in [-0.15, -0.1) is 0 Å². The number of carbonyl (C=O) groups is 1. The summed E-state index contributed by atoms with van der Waals surface area (Å²) in [6, 6.07) is 11.2. The first-order chi connectivity index (χ1) is 16.3. The number of piperazine rings is 1. The largest absolute Gasteiger partial charge is 0.416 e. The average molecular weight is 471 g/mol. The maximum atomic E-state index is 12.9. The first kappa shape index (κ1) is 22.3. The molecule has 0 saturated carbocycles. The van der Waals surface area contributed by atoms with Crippen LogP contribution in [-0.2, 0) is 19.3 Å². The van der Waals surface area contributed by atoms with Gasteiger partial charge in [-0.1, -0.05) is 0 Å². The molecule has 2 aromatic carbocycles. The molecule has 2 aliphatic heterocycles. The maximum Gasteiger partial charge on any atom is 0.416 e. The molecule has 1 atom stereocenters. The lowest BCUT2D eigenvalue weighted by molar-refractivity contribution is -0.137. The zero-order chi connectivity index (χ0) is 23.9. The number of rotatable bonds is 4. The second kappa shape index (κ2) is 8.68. The fourth-order valence-electron chi connectivity index (χ4n) is 4.60. The van der Waals surface area contributed by atoms with Crippen LogP contribution in [0.4, 0.5) is 23.7 Å². The van der Waals surface area contributed by atoms with Crippen molar-refractivity contribution in [2.45, 2.75) is 32.2 Å². The van der Waals surface area contributed by atoms with E-state index in [2.05, 4.69) is 32.2 Å². The van der Waals surface area contributed by atoms with Crippen molar-refractivity contribution in [2.24, 2.45) is 0 Å². The van der Waals surface area contributed by atoms with Gasteiger partial charge in [0.25, 0.3) is 0 Å². The molecule has 2 aliphatic rings. The standard InChI is InChI=1S/C24H24F3N5O2/c1-15-13-31(8-9-32(15)20-5-3-19(4-6-20)24(25,26)27)14-18-12-29-30-22(18)16-2-7-21-17(10-16)11-28-23(33)34-21/h2-7,10,12,15H,8-9,11,13-14H2,1H3,(H,28,33)(H,29,30)/t15-/m1/s1. The Labute approximate surface area is 194 Å². The second-order valence-electron chi connectivity index (χ2n) is 8.66. The van der Waals surface area contributed by atoms with E-state index in [1.165, 1.54) is 0 Å². The van der Waals surface area contributed by atoms with E-state index in [1.807, 2.05) is 18.3 Å². The van der Waals surface area contributed by atoms with Crippen LogP contribution in [0.5, 0.6) is 5.75 Å². The first-order valence-corrected chi connectivity index (χ1v) is 11.1. The Kier molecular flexibility index (Phi) is 5.68. The Hall–Kier alpha value is -3.53. The number of ether oxygens (including phenoxy) is 1. The number of nitrogens with one attached hydrogen (secondary N) is 2. The summed E-state index contributed by atoms with van der Waals surface area (Å²) in [7, 11) is 0. The van der Waals surface area contributed by atoms with Crippen LogP contribution >= 0.6 is 0 Å². The van der Waals surface area contributed by atoms with Gasteiger partial charge in [0.1, 0.15) is 5.75 Å². The van der Waals surface area contributed by atoms with Gasteiger partial charge in [0.15, 0.2) is 0 Å². The Morgan fingerprint density at radius 2 is 1.94 bits per heavy atom. The number of amides is 1. The van der Waals surface area contributed by atoms with Crippen molar-refractivity contribution in [1.82, 2.24) is 20.4 Å². The molecular formula is C24H24F3N5O2. The molecule has 2 N–H and O–H groups in total. The van der Waals surface area contributed by atoms with Gasteiger partial charge < -0.3 is 15.0 Å². The highest BCUT2D eigenvalue weighted by Crippen LogP contribution is 2.32. The van der Waals surface area contributed by atoms with Crippen molar-refractivity contribution in [3.8, 4) is 17.0 Å². The summed E-state index contributed by atoms with van der Waals surface area (Å²) < 4.78 is 43.8. The third-order valence-corrected chi connectivity index (χ3v) is 6.32. The van der Waals surface area contributed by atoms with Crippen molar-refractivity contribution in [3.05, 3.63) is 65.4 Å². The fourth-order valence-corrected chi connectivity index (χ4v) is 4.60. The van der Waals surface area contributed by atoms with Crippen molar-refractivity contribution in [3.63, 3.8) is 0 Å². The van der Waals surface area contributed by atoms with Crippen LogP contribution in [-0.4, -0.2) is 46.9 Å². The molecule has 0 aliphatic carbocycles. The van der Waals surface area contributed by atoms with Crippen LogP contribution in [0.15, 0.2) is 48.7 Å². The number of nitrogens with zero attached hydrogens (tertiary/aromatic N) is 3. The van der Waals surface area contributed by atoms with E-state index in [-0.39, 0.29) is 6.04 Å². The van der Waals surface area contributed by atoms with Gasteiger partial charge in [0, 0.05) is 61.1 Å². The van der Waals surface area contributed by atoms with Crippen molar-refractivity contribution in [2.75, 3.05) is 24.5 Å². The molecule has 1 fully saturated rings. The summed E-state index contributed by atoms with van der Waals surface area (Å²) in [6.07, 6.45) is -2.96. The van der Waals surface area contributed by atoms with E-state index >= 15 is 0 Å². The molecule has 0 radical (unpaired) electrons. The number of aromatic nitrogens is 2. The van der Waals surface area contributed by atoms with Gasteiger partial charge in [-0.3, -0.25) is 10.00 Å². The maximum absolute atomic E-state index is 12.9. The minimum atomic E-state index is -4.33. The summed E-state index contributed by atoms with van der Waals surface area (Å²) in [4.78, 5) is 15.9. The van der Waals surface area contributed by atoms with Gasteiger partial charge in [0.05, 0.1) is 17.5 Å². The zero-order valence-corrected chi connectivity index (χ0v) is 18.5. The number of anilines is 1. The number of hydrogen-bond donors (Lipinski definition) is 2. The normalized spacial score (nSPS) is 18.9. The lowest BCUT2D eigenvalue weighted by Crippen LogP contribution is -2.51. The monoisotopic (exact) mass is 471 g/mol. The fraction of sp³-hybridized carbons (Fsp3) is 0.333. The van der Waals surface area contributed by atoms with Crippen LogP contribution in [0, 0.1) is 0 Å². The Balaban J connectivity index is 1.26. The Morgan fingerprint density at radius 3 is 2.68 bits per heavy atom. The lowest BCUT2D eigenvalue weighted by atomic mass is 10.0. The lowest BCUT2D eigenvalue weighted by Gasteiger charge is -2.41. The number of hydrogen-bond acceptors (Lipinski definition) is 5. The third kappa shape index (κ3) is 4.45. The molecule has 1 aromatic heterocycles. The van der Waals surface area contributed by atoms with Crippen LogP contribution in [0.1, 0.15) is 23.6 Å². The van der Waals surface area contributed by atoms with E-state index in [1.54, 1.807) is 18.2 Å². The highest BCUT2D eigenvalue weighted by molar-refractivity contribution is 5.74. The number of fused-ring (bicyclic) bond motifs is 1. The van der Waals surface area contributed by atoms with Crippen LogP contribution < -0.4 is 15.0 Å². The van der Waals surface area contributed by atoms with Crippen LogP contribution in [0.3, 0.4) is 0 Å². The van der Waals surface area contributed by atoms with Crippen molar-refractivity contribution in [1.29, 1.82) is 0 Å². The van der Waals surface area contributed by atoms with Gasteiger partial charge in [0.2, 0.25) is 0 Å². The highest BCUT2D eigenvalue weighted by Gasteiger charge is 2.31. The average Bonchev–Trinajstić information content (AvgIpc) is 3.26. The number of aromatic amines is 1. The molecule has 7 nitrogen and oxygen atoms in total. The van der Waals surface area contributed by atoms with Crippen LogP contribution in [0.25, 0.3) is 11.3 Å². The molecule has 1 saturated heterocycles. The summed E-state index contributed by atoms with van der Waals surface area (Å²) in [5, 5.41) is 9.99. The van der Waals surface area contributed by atoms with E-state index < -0.39 is 17.8 Å². The molecule has 0 bridgehead atoms. The summed E-state index contributed by atoms with van der Waals surface area (Å²) in [6.45, 7) is 5.46. The molecule has 178 valence electrons. The topological polar surface area (TPSA) is 73.5 Å². The molecule has 1 amide bonds. The number of benzene rings is 2. The first-order valence-electron chi connectivity index (χ1n) is 11.1. The van der Waals surface area contributed by atoms with E-state index in [4.69, 9.17) is 4.74 Å². The van der Waals surface area contributed by atoms with Gasteiger partial charge in [-0.05, 0) is 49.4 Å². The summed E-state index contributed by atoms with van der Waals surface area (Å²) >= 11 is 0. The molecule has 0 unspecified atom stereocenters. The third-order valence-electron chi connectivity index (χ3n) is 6.32. The van der Waals surface area contributed by atoms with Crippen molar-refractivity contribution >= 4 is 11.8 Å².